The van der Waals surface area contributed by atoms with Crippen LogP contribution in [0.25, 0.3) is 0 Å². The molecule has 0 bridgehead atoms. The summed E-state index contributed by atoms with van der Waals surface area (Å²) in [7, 11) is 0. The van der Waals surface area contributed by atoms with Gasteiger partial charge in [-0.15, -0.1) is 0 Å². The van der Waals surface area contributed by atoms with Gasteiger partial charge in [-0.05, 0) is 25.7 Å². The SMILES string of the molecule is CCCCCC/C=C/NOC(=O)CCC(=O)ON/C=C/CCCCCC. The zero-order valence-corrected chi connectivity index (χ0v) is 16.4. The molecule has 2 N–H and O–H groups in total. The van der Waals surface area contributed by atoms with Gasteiger partial charge < -0.3 is 9.68 Å². The molecular formula is C20H36N2O4. The van der Waals surface area contributed by atoms with E-state index in [9.17, 15) is 9.59 Å². The minimum Gasteiger partial charge on any atom is -0.344 e. The third kappa shape index (κ3) is 18.4. The molecule has 6 nitrogen and oxygen atoms in total. The van der Waals surface area contributed by atoms with Gasteiger partial charge in [0.1, 0.15) is 0 Å². The highest BCUT2D eigenvalue weighted by molar-refractivity contribution is 5.77. The number of unbranched alkanes of at least 4 members (excludes halogenated alkanes) is 8. The molecule has 0 aromatic heterocycles. The maximum atomic E-state index is 11.5. The molecule has 0 rings (SSSR count). The molecule has 6 heteroatoms. The first-order chi connectivity index (χ1) is 12.7. The fraction of sp³-hybridized carbons (Fsp3) is 0.700. The van der Waals surface area contributed by atoms with Crippen molar-refractivity contribution >= 4 is 11.9 Å². The zero-order chi connectivity index (χ0) is 19.3. The Hall–Kier alpha value is -1.98. The number of hydroxylamine groups is 2. The van der Waals surface area contributed by atoms with Gasteiger partial charge in [-0.25, -0.2) is 20.5 Å². The second-order valence-electron chi connectivity index (χ2n) is 6.19. The molecule has 0 saturated heterocycles. The number of hydrogen-bond donors (Lipinski definition) is 2. The molecule has 0 aromatic rings. The van der Waals surface area contributed by atoms with Crippen molar-refractivity contribution in [1.82, 2.24) is 11.0 Å². The first-order valence-corrected chi connectivity index (χ1v) is 9.91. The number of rotatable bonds is 17. The summed E-state index contributed by atoms with van der Waals surface area (Å²) in [6, 6.07) is 0. The van der Waals surface area contributed by atoms with Gasteiger partial charge in [-0.3, -0.25) is 0 Å². The maximum Gasteiger partial charge on any atom is 0.332 e. The van der Waals surface area contributed by atoms with Crippen LogP contribution in [0.4, 0.5) is 0 Å². The first-order valence-electron chi connectivity index (χ1n) is 9.91. The van der Waals surface area contributed by atoms with Gasteiger partial charge in [0.15, 0.2) is 0 Å². The Morgan fingerprint density at radius 1 is 0.692 bits per heavy atom. The third-order valence-corrected chi connectivity index (χ3v) is 3.70. The predicted octanol–water partition coefficient (Wildman–Crippen LogP) is 4.83. The molecule has 0 saturated carbocycles. The maximum absolute atomic E-state index is 11.5. The van der Waals surface area contributed by atoms with Crippen molar-refractivity contribution in [3.63, 3.8) is 0 Å². The Labute approximate surface area is 158 Å². The van der Waals surface area contributed by atoms with E-state index in [2.05, 4.69) is 24.8 Å². The summed E-state index contributed by atoms with van der Waals surface area (Å²) in [5, 5.41) is 0. The van der Waals surface area contributed by atoms with E-state index in [0.29, 0.717) is 0 Å². The lowest BCUT2D eigenvalue weighted by atomic mass is 10.1. The van der Waals surface area contributed by atoms with Crippen molar-refractivity contribution < 1.29 is 19.3 Å². The van der Waals surface area contributed by atoms with Gasteiger partial charge >= 0.3 is 11.9 Å². The van der Waals surface area contributed by atoms with Crippen LogP contribution in [0.1, 0.15) is 90.9 Å². The minimum absolute atomic E-state index is 0.0292. The molecule has 0 fully saturated rings. The van der Waals surface area contributed by atoms with E-state index in [1.54, 1.807) is 12.4 Å². The highest BCUT2D eigenvalue weighted by Gasteiger charge is 2.08. The molecule has 0 unspecified atom stereocenters. The Kier molecular flexibility index (Phi) is 17.9. The van der Waals surface area contributed by atoms with Crippen LogP contribution in [0.3, 0.4) is 0 Å². The van der Waals surface area contributed by atoms with Gasteiger partial charge in [0, 0.05) is 12.4 Å². The summed E-state index contributed by atoms with van der Waals surface area (Å²) >= 11 is 0. The van der Waals surface area contributed by atoms with Crippen LogP contribution in [0.15, 0.2) is 24.6 Å². The lowest BCUT2D eigenvalue weighted by molar-refractivity contribution is -0.155. The summed E-state index contributed by atoms with van der Waals surface area (Å²) in [5.74, 6) is -0.993. The highest BCUT2D eigenvalue weighted by atomic mass is 16.7. The van der Waals surface area contributed by atoms with Crippen molar-refractivity contribution in [3.8, 4) is 0 Å². The van der Waals surface area contributed by atoms with Gasteiger partial charge in [0.25, 0.3) is 0 Å². The van der Waals surface area contributed by atoms with E-state index < -0.39 is 11.9 Å². The topological polar surface area (TPSA) is 76.7 Å². The van der Waals surface area contributed by atoms with Gasteiger partial charge in [-0.2, -0.15) is 0 Å². The second kappa shape index (κ2) is 19.3. The van der Waals surface area contributed by atoms with Crippen LogP contribution >= 0.6 is 0 Å². The van der Waals surface area contributed by atoms with Crippen LogP contribution in [-0.4, -0.2) is 11.9 Å². The van der Waals surface area contributed by atoms with Gasteiger partial charge in [0.2, 0.25) is 0 Å². The van der Waals surface area contributed by atoms with Crippen molar-refractivity contribution in [2.45, 2.75) is 90.9 Å². The number of carbonyl (C=O) groups excluding carboxylic acids is 2. The molecule has 0 heterocycles. The monoisotopic (exact) mass is 368 g/mol. The molecule has 0 spiro atoms. The Morgan fingerprint density at radius 2 is 1.12 bits per heavy atom. The molecule has 0 aliphatic rings. The van der Waals surface area contributed by atoms with E-state index >= 15 is 0 Å². The van der Waals surface area contributed by atoms with E-state index in [0.717, 1.165) is 25.7 Å². The number of carbonyl (C=O) groups is 2. The predicted molar refractivity (Wildman–Crippen MR) is 103 cm³/mol. The zero-order valence-electron chi connectivity index (χ0n) is 16.4. The summed E-state index contributed by atoms with van der Waals surface area (Å²) in [6.07, 6.45) is 18.5. The van der Waals surface area contributed by atoms with Gasteiger partial charge in [-0.1, -0.05) is 64.5 Å². The molecule has 150 valence electrons. The number of hydrogen-bond acceptors (Lipinski definition) is 6. The largest absolute Gasteiger partial charge is 0.344 e. The summed E-state index contributed by atoms with van der Waals surface area (Å²) in [6.45, 7) is 4.35. The fourth-order valence-electron chi connectivity index (χ4n) is 2.15. The van der Waals surface area contributed by atoms with E-state index in [-0.39, 0.29) is 12.8 Å². The Balaban J connectivity index is 3.51. The van der Waals surface area contributed by atoms with Crippen LogP contribution in [0.5, 0.6) is 0 Å². The average Bonchev–Trinajstić information content (AvgIpc) is 2.64. The molecule has 0 aliphatic carbocycles. The highest BCUT2D eigenvalue weighted by Crippen LogP contribution is 2.03. The van der Waals surface area contributed by atoms with E-state index in [1.165, 1.54) is 38.5 Å². The van der Waals surface area contributed by atoms with Gasteiger partial charge in [0.05, 0.1) is 12.8 Å². The minimum atomic E-state index is -0.496. The lowest BCUT2D eigenvalue weighted by Gasteiger charge is -2.04. The molecule has 0 radical (unpaired) electrons. The smallest absolute Gasteiger partial charge is 0.332 e. The lowest BCUT2D eigenvalue weighted by Crippen LogP contribution is -2.18. The van der Waals surface area contributed by atoms with E-state index in [1.807, 2.05) is 12.2 Å². The number of nitrogens with one attached hydrogen (secondary N) is 2. The third-order valence-electron chi connectivity index (χ3n) is 3.70. The molecule has 26 heavy (non-hydrogen) atoms. The molecular weight excluding hydrogens is 332 g/mol. The van der Waals surface area contributed by atoms with Crippen molar-refractivity contribution in [2.24, 2.45) is 0 Å². The van der Waals surface area contributed by atoms with Crippen molar-refractivity contribution in [2.75, 3.05) is 0 Å². The average molecular weight is 369 g/mol. The molecule has 0 atom stereocenters. The molecule has 0 aromatic carbocycles. The summed E-state index contributed by atoms with van der Waals surface area (Å²) in [4.78, 5) is 32.5. The standard InChI is InChI=1S/C20H36N2O4/c1-3-5-7-9-11-13-17-21-25-19(23)15-16-20(24)26-22-18-14-12-10-8-6-4-2/h13-14,17-18,21-22H,3-12,15-16H2,1-2H3/b17-13+,18-14+. The van der Waals surface area contributed by atoms with E-state index in [4.69, 9.17) is 9.68 Å². The fourth-order valence-corrected chi connectivity index (χ4v) is 2.15. The second-order valence-corrected chi connectivity index (χ2v) is 6.19. The van der Waals surface area contributed by atoms with Crippen LogP contribution in [-0.2, 0) is 19.3 Å². The first kappa shape index (κ1) is 24.0. The van der Waals surface area contributed by atoms with Crippen LogP contribution in [0, 0.1) is 0 Å². The normalized spacial score (nSPS) is 11.0. The van der Waals surface area contributed by atoms with Crippen LogP contribution < -0.4 is 11.0 Å². The van der Waals surface area contributed by atoms with Crippen molar-refractivity contribution in [3.05, 3.63) is 24.6 Å². The quantitative estimate of drug-likeness (QED) is 0.283. The summed E-state index contributed by atoms with van der Waals surface area (Å²) < 4.78 is 0. The summed E-state index contributed by atoms with van der Waals surface area (Å²) in [5.41, 5.74) is 4.94. The van der Waals surface area contributed by atoms with Crippen LogP contribution in [0.2, 0.25) is 0 Å². The Bertz CT molecular complexity index is 371. The molecule has 0 aliphatic heterocycles. The molecule has 0 amide bonds. The van der Waals surface area contributed by atoms with Crippen molar-refractivity contribution in [1.29, 1.82) is 0 Å². The Morgan fingerprint density at radius 3 is 1.50 bits per heavy atom. The number of allylic oxidation sites excluding steroid dienone is 2.